The van der Waals surface area contributed by atoms with E-state index in [-0.39, 0.29) is 5.82 Å². The van der Waals surface area contributed by atoms with Crippen LogP contribution in [0.15, 0.2) is 47.6 Å². The fourth-order valence-corrected chi connectivity index (χ4v) is 4.06. The van der Waals surface area contributed by atoms with E-state index in [9.17, 15) is 4.39 Å². The zero-order valence-corrected chi connectivity index (χ0v) is 17.7. The highest BCUT2D eigenvalue weighted by molar-refractivity contribution is 5.80. The first-order valence-corrected chi connectivity index (χ1v) is 11.0. The molecule has 3 heterocycles. The van der Waals surface area contributed by atoms with E-state index in [1.165, 1.54) is 25.0 Å². The minimum absolute atomic E-state index is 0.193. The quantitative estimate of drug-likeness (QED) is 0.606. The molecular formula is C23H31FN6. The first-order chi connectivity index (χ1) is 14.7. The van der Waals surface area contributed by atoms with Crippen LogP contribution >= 0.6 is 0 Å². The minimum atomic E-state index is -0.193. The summed E-state index contributed by atoms with van der Waals surface area (Å²) in [4.78, 5) is 16.4. The van der Waals surface area contributed by atoms with Crippen molar-refractivity contribution >= 4 is 17.5 Å². The molecule has 2 saturated heterocycles. The number of guanidine groups is 1. The number of piperazine rings is 1. The van der Waals surface area contributed by atoms with Crippen LogP contribution in [-0.2, 0) is 6.54 Å². The standard InChI is InChI=1S/C23H31FN6/c1-2-25-23(27-18-19-5-10-22(26-17-19)29-11-3-4-12-29)30-15-13-28(14-16-30)21-8-6-20(24)7-9-21/h5-10,17H,2-4,11-16,18H2,1H3,(H,25,27). The molecule has 4 rings (SSSR count). The molecule has 0 amide bonds. The first-order valence-electron chi connectivity index (χ1n) is 11.0. The van der Waals surface area contributed by atoms with Gasteiger partial charge in [0.2, 0.25) is 0 Å². The summed E-state index contributed by atoms with van der Waals surface area (Å²) in [6.07, 6.45) is 4.47. The van der Waals surface area contributed by atoms with Gasteiger partial charge in [0.25, 0.3) is 0 Å². The highest BCUT2D eigenvalue weighted by Gasteiger charge is 2.20. The Hall–Kier alpha value is -2.83. The summed E-state index contributed by atoms with van der Waals surface area (Å²) < 4.78 is 13.2. The number of anilines is 2. The van der Waals surface area contributed by atoms with Crippen molar-refractivity contribution in [1.29, 1.82) is 0 Å². The van der Waals surface area contributed by atoms with E-state index in [0.717, 1.165) is 68.8 Å². The van der Waals surface area contributed by atoms with Crippen molar-refractivity contribution in [2.45, 2.75) is 26.3 Å². The fraction of sp³-hybridized carbons (Fsp3) is 0.478. The maximum atomic E-state index is 13.2. The van der Waals surface area contributed by atoms with Crippen LogP contribution in [0.2, 0.25) is 0 Å². The molecule has 6 nitrogen and oxygen atoms in total. The molecular weight excluding hydrogens is 379 g/mol. The van der Waals surface area contributed by atoms with Gasteiger partial charge in [-0.2, -0.15) is 0 Å². The molecule has 2 fully saturated rings. The van der Waals surface area contributed by atoms with E-state index in [4.69, 9.17) is 4.99 Å². The smallest absolute Gasteiger partial charge is 0.194 e. The van der Waals surface area contributed by atoms with Crippen molar-refractivity contribution in [2.24, 2.45) is 4.99 Å². The van der Waals surface area contributed by atoms with Gasteiger partial charge >= 0.3 is 0 Å². The topological polar surface area (TPSA) is 47.0 Å². The van der Waals surface area contributed by atoms with Crippen molar-refractivity contribution in [3.8, 4) is 0 Å². The number of rotatable bonds is 5. The van der Waals surface area contributed by atoms with Gasteiger partial charge in [-0.1, -0.05) is 6.07 Å². The molecule has 2 aliphatic heterocycles. The van der Waals surface area contributed by atoms with E-state index < -0.39 is 0 Å². The molecule has 0 aliphatic carbocycles. The van der Waals surface area contributed by atoms with Gasteiger partial charge in [0.15, 0.2) is 5.96 Å². The van der Waals surface area contributed by atoms with Crippen LogP contribution in [0.5, 0.6) is 0 Å². The summed E-state index contributed by atoms with van der Waals surface area (Å²) in [6, 6.07) is 11.0. The molecule has 1 aromatic carbocycles. The first kappa shape index (κ1) is 20.4. The molecule has 160 valence electrons. The molecule has 0 spiro atoms. The molecule has 2 aromatic rings. The molecule has 30 heavy (non-hydrogen) atoms. The normalized spacial score (nSPS) is 17.5. The van der Waals surface area contributed by atoms with Crippen molar-refractivity contribution in [2.75, 3.05) is 55.6 Å². The van der Waals surface area contributed by atoms with Crippen LogP contribution < -0.4 is 15.1 Å². The van der Waals surface area contributed by atoms with Crippen molar-refractivity contribution in [1.82, 2.24) is 15.2 Å². The largest absolute Gasteiger partial charge is 0.368 e. The highest BCUT2D eigenvalue weighted by Crippen LogP contribution is 2.19. The van der Waals surface area contributed by atoms with Crippen LogP contribution in [0.25, 0.3) is 0 Å². The zero-order chi connectivity index (χ0) is 20.8. The second kappa shape index (κ2) is 9.78. The predicted octanol–water partition coefficient (Wildman–Crippen LogP) is 3.11. The summed E-state index contributed by atoms with van der Waals surface area (Å²) >= 11 is 0. The number of halogens is 1. The number of hydrogen-bond donors (Lipinski definition) is 1. The number of aromatic nitrogens is 1. The molecule has 0 saturated carbocycles. The van der Waals surface area contributed by atoms with Crippen LogP contribution in [0.1, 0.15) is 25.3 Å². The van der Waals surface area contributed by atoms with Crippen LogP contribution in [0, 0.1) is 5.82 Å². The number of pyridine rings is 1. The molecule has 1 aromatic heterocycles. The van der Waals surface area contributed by atoms with Crippen LogP contribution in [0.3, 0.4) is 0 Å². The Balaban J connectivity index is 1.35. The van der Waals surface area contributed by atoms with E-state index >= 15 is 0 Å². The SMILES string of the molecule is CCNC(=NCc1ccc(N2CCCC2)nc1)N1CCN(c2ccc(F)cc2)CC1. The van der Waals surface area contributed by atoms with E-state index in [1.54, 1.807) is 0 Å². The fourth-order valence-electron chi connectivity index (χ4n) is 4.06. The monoisotopic (exact) mass is 410 g/mol. The summed E-state index contributed by atoms with van der Waals surface area (Å²) in [5, 5.41) is 3.42. The summed E-state index contributed by atoms with van der Waals surface area (Å²) in [5.74, 6) is 1.82. The molecule has 0 unspecified atom stereocenters. The number of aliphatic imine (C=N–C) groups is 1. The Kier molecular flexibility index (Phi) is 6.67. The van der Waals surface area contributed by atoms with E-state index in [2.05, 4.69) is 44.1 Å². The minimum Gasteiger partial charge on any atom is -0.368 e. The van der Waals surface area contributed by atoms with Gasteiger partial charge in [-0.15, -0.1) is 0 Å². The number of nitrogens with zero attached hydrogens (tertiary/aromatic N) is 5. The number of benzene rings is 1. The lowest BCUT2D eigenvalue weighted by molar-refractivity contribution is 0.372. The lowest BCUT2D eigenvalue weighted by atomic mass is 10.2. The molecule has 0 radical (unpaired) electrons. The molecule has 0 atom stereocenters. The zero-order valence-electron chi connectivity index (χ0n) is 17.7. The second-order valence-electron chi connectivity index (χ2n) is 7.84. The molecule has 0 bridgehead atoms. The second-order valence-corrected chi connectivity index (χ2v) is 7.84. The average Bonchev–Trinajstić information content (AvgIpc) is 3.33. The van der Waals surface area contributed by atoms with Crippen molar-refractivity contribution < 1.29 is 4.39 Å². The number of nitrogens with one attached hydrogen (secondary N) is 1. The maximum absolute atomic E-state index is 13.2. The Labute approximate surface area is 178 Å². The summed E-state index contributed by atoms with van der Waals surface area (Å²) in [5.41, 5.74) is 2.19. The van der Waals surface area contributed by atoms with Gasteiger partial charge in [-0.25, -0.2) is 14.4 Å². The van der Waals surface area contributed by atoms with Gasteiger partial charge in [0.1, 0.15) is 11.6 Å². The van der Waals surface area contributed by atoms with Crippen LogP contribution in [-0.4, -0.2) is 61.7 Å². The van der Waals surface area contributed by atoms with Gasteiger partial charge in [-0.3, -0.25) is 0 Å². The molecule has 7 heteroatoms. The van der Waals surface area contributed by atoms with Crippen LogP contribution in [0.4, 0.5) is 15.9 Å². The highest BCUT2D eigenvalue weighted by atomic mass is 19.1. The van der Waals surface area contributed by atoms with E-state index in [0.29, 0.717) is 6.54 Å². The maximum Gasteiger partial charge on any atom is 0.194 e. The van der Waals surface area contributed by atoms with Gasteiger partial charge in [-0.05, 0) is 55.7 Å². The Morgan fingerprint density at radius 2 is 1.70 bits per heavy atom. The van der Waals surface area contributed by atoms with Gasteiger partial charge in [0, 0.05) is 57.7 Å². The van der Waals surface area contributed by atoms with Gasteiger partial charge in [0.05, 0.1) is 6.54 Å². The third kappa shape index (κ3) is 5.01. The predicted molar refractivity (Wildman–Crippen MR) is 121 cm³/mol. The Bertz CT molecular complexity index is 822. The lowest BCUT2D eigenvalue weighted by Crippen LogP contribution is -2.52. The van der Waals surface area contributed by atoms with Gasteiger partial charge < -0.3 is 20.0 Å². The Morgan fingerprint density at radius 1 is 0.967 bits per heavy atom. The summed E-state index contributed by atoms with van der Waals surface area (Å²) in [6.45, 7) is 9.32. The van der Waals surface area contributed by atoms with Crippen molar-refractivity contribution in [3.63, 3.8) is 0 Å². The Morgan fingerprint density at radius 3 is 2.33 bits per heavy atom. The molecule has 2 aliphatic rings. The third-order valence-corrected chi connectivity index (χ3v) is 5.76. The lowest BCUT2D eigenvalue weighted by Gasteiger charge is -2.37. The number of hydrogen-bond acceptors (Lipinski definition) is 4. The van der Waals surface area contributed by atoms with Crippen molar-refractivity contribution in [3.05, 3.63) is 54.0 Å². The van der Waals surface area contributed by atoms with E-state index in [1.807, 2.05) is 18.3 Å². The average molecular weight is 411 g/mol. The third-order valence-electron chi connectivity index (χ3n) is 5.76. The summed E-state index contributed by atoms with van der Waals surface area (Å²) in [7, 11) is 0. The molecule has 1 N–H and O–H groups in total.